The van der Waals surface area contributed by atoms with Crippen molar-refractivity contribution in [3.8, 4) is 5.75 Å². The van der Waals surface area contributed by atoms with Crippen molar-refractivity contribution in [2.45, 2.75) is 71.6 Å². The van der Waals surface area contributed by atoms with Gasteiger partial charge in [0, 0.05) is 6.42 Å². The van der Waals surface area contributed by atoms with E-state index in [9.17, 15) is 4.79 Å². The number of carbonyl (C=O) groups is 1. The standard InChI is InChI=1S/C25H36O3/c1-4-7-9-10-11-12-14-18-22(17-13-8-5-2)28-25(26)23-19-15-16-20-24(23)27-21-6-3/h5,8,13,15-17,19-20H,2,4,6-7,9-12,14,18,21H2,1,3H3. The average molecular weight is 385 g/mol. The lowest BCUT2D eigenvalue weighted by atomic mass is 10.1. The van der Waals surface area contributed by atoms with Crippen molar-refractivity contribution >= 4 is 5.97 Å². The largest absolute Gasteiger partial charge is 0.493 e. The molecule has 1 aromatic rings. The predicted molar refractivity (Wildman–Crippen MR) is 118 cm³/mol. The van der Waals surface area contributed by atoms with Gasteiger partial charge in [-0.3, -0.25) is 0 Å². The van der Waals surface area contributed by atoms with Crippen LogP contribution in [0.15, 0.2) is 60.9 Å². The van der Waals surface area contributed by atoms with Crippen LogP contribution in [0, 0.1) is 0 Å². The molecule has 3 nitrogen and oxygen atoms in total. The van der Waals surface area contributed by atoms with E-state index in [4.69, 9.17) is 9.47 Å². The molecule has 0 aliphatic carbocycles. The van der Waals surface area contributed by atoms with Crippen LogP contribution < -0.4 is 4.74 Å². The molecule has 0 unspecified atom stereocenters. The van der Waals surface area contributed by atoms with E-state index < -0.39 is 0 Å². The number of unbranched alkanes of at least 4 members (excludes halogenated alkanes) is 6. The zero-order chi connectivity index (χ0) is 20.5. The molecule has 0 spiro atoms. The minimum atomic E-state index is -0.368. The summed E-state index contributed by atoms with van der Waals surface area (Å²) >= 11 is 0. The molecule has 28 heavy (non-hydrogen) atoms. The minimum absolute atomic E-state index is 0.368. The van der Waals surface area contributed by atoms with Crippen molar-refractivity contribution in [2.24, 2.45) is 0 Å². The zero-order valence-electron chi connectivity index (χ0n) is 17.6. The van der Waals surface area contributed by atoms with Gasteiger partial charge >= 0.3 is 5.97 Å². The van der Waals surface area contributed by atoms with Crippen LogP contribution in [-0.2, 0) is 4.74 Å². The average Bonchev–Trinajstić information content (AvgIpc) is 2.71. The number of esters is 1. The third kappa shape index (κ3) is 10.1. The lowest BCUT2D eigenvalue weighted by Crippen LogP contribution is -2.08. The number of hydrogen-bond acceptors (Lipinski definition) is 3. The van der Waals surface area contributed by atoms with Gasteiger partial charge in [-0.15, -0.1) is 0 Å². The van der Waals surface area contributed by atoms with E-state index in [1.54, 1.807) is 12.1 Å². The molecular formula is C25H36O3. The summed E-state index contributed by atoms with van der Waals surface area (Å²) < 4.78 is 11.4. The first-order chi connectivity index (χ1) is 13.7. The van der Waals surface area contributed by atoms with Gasteiger partial charge in [-0.25, -0.2) is 4.79 Å². The maximum atomic E-state index is 12.7. The van der Waals surface area contributed by atoms with Gasteiger partial charge in [0.15, 0.2) is 0 Å². The lowest BCUT2D eigenvalue weighted by molar-refractivity contribution is 0.0608. The van der Waals surface area contributed by atoms with E-state index in [0.29, 0.717) is 23.7 Å². The molecule has 0 radical (unpaired) electrons. The second-order valence-electron chi connectivity index (χ2n) is 6.86. The van der Waals surface area contributed by atoms with E-state index in [1.165, 1.54) is 32.1 Å². The minimum Gasteiger partial charge on any atom is -0.493 e. The van der Waals surface area contributed by atoms with Crippen LogP contribution in [-0.4, -0.2) is 12.6 Å². The first-order valence-electron chi connectivity index (χ1n) is 10.6. The smallest absolute Gasteiger partial charge is 0.346 e. The highest BCUT2D eigenvalue weighted by molar-refractivity contribution is 5.93. The van der Waals surface area contributed by atoms with E-state index >= 15 is 0 Å². The van der Waals surface area contributed by atoms with Crippen molar-refractivity contribution in [2.75, 3.05) is 6.61 Å². The summed E-state index contributed by atoms with van der Waals surface area (Å²) in [4.78, 5) is 12.7. The molecule has 154 valence electrons. The van der Waals surface area contributed by atoms with Crippen LogP contribution in [0.3, 0.4) is 0 Å². The molecule has 0 fully saturated rings. The number of benzene rings is 1. The van der Waals surface area contributed by atoms with Crippen LogP contribution >= 0.6 is 0 Å². The quantitative estimate of drug-likeness (QED) is 0.137. The van der Waals surface area contributed by atoms with Crippen molar-refractivity contribution in [3.63, 3.8) is 0 Å². The number of hydrogen-bond donors (Lipinski definition) is 0. The Labute approximate surface area is 171 Å². The molecule has 3 heteroatoms. The fourth-order valence-electron chi connectivity index (χ4n) is 2.81. The zero-order valence-corrected chi connectivity index (χ0v) is 17.6. The van der Waals surface area contributed by atoms with Gasteiger partial charge in [0.25, 0.3) is 0 Å². The maximum Gasteiger partial charge on any atom is 0.346 e. The second-order valence-corrected chi connectivity index (χ2v) is 6.86. The number of rotatable bonds is 15. The van der Waals surface area contributed by atoms with Crippen molar-refractivity contribution in [1.82, 2.24) is 0 Å². The Kier molecular flexibility index (Phi) is 13.3. The van der Waals surface area contributed by atoms with Gasteiger partial charge in [-0.2, -0.15) is 0 Å². The highest BCUT2D eigenvalue weighted by Gasteiger charge is 2.15. The van der Waals surface area contributed by atoms with Crippen LogP contribution in [0.4, 0.5) is 0 Å². The third-order valence-electron chi connectivity index (χ3n) is 4.35. The summed E-state index contributed by atoms with van der Waals surface area (Å²) in [7, 11) is 0. The van der Waals surface area contributed by atoms with Crippen LogP contribution in [0.1, 0.15) is 82.0 Å². The van der Waals surface area contributed by atoms with Gasteiger partial charge < -0.3 is 9.47 Å². The Balaban J connectivity index is 2.65. The molecule has 0 atom stereocenters. The lowest BCUT2D eigenvalue weighted by Gasteiger charge is -2.12. The number of ether oxygens (including phenoxy) is 2. The Morgan fingerprint density at radius 1 is 0.964 bits per heavy atom. The molecule has 0 amide bonds. The van der Waals surface area contributed by atoms with Crippen LogP contribution in [0.5, 0.6) is 5.75 Å². The second kappa shape index (κ2) is 15.7. The molecule has 0 aromatic heterocycles. The van der Waals surface area contributed by atoms with Crippen molar-refractivity contribution in [3.05, 3.63) is 66.5 Å². The molecule has 0 heterocycles. The van der Waals surface area contributed by atoms with Crippen molar-refractivity contribution < 1.29 is 14.3 Å². The molecule has 1 rings (SSSR count). The predicted octanol–water partition coefficient (Wildman–Crippen LogP) is 7.40. The Morgan fingerprint density at radius 2 is 1.68 bits per heavy atom. The van der Waals surface area contributed by atoms with Gasteiger partial charge in [0.1, 0.15) is 17.1 Å². The summed E-state index contributed by atoms with van der Waals surface area (Å²) in [5.74, 6) is 0.890. The Morgan fingerprint density at radius 3 is 2.39 bits per heavy atom. The summed E-state index contributed by atoms with van der Waals surface area (Å²) in [6, 6.07) is 7.25. The number of carbonyl (C=O) groups excluding carboxylic acids is 1. The Bertz CT molecular complexity index is 628. The summed E-state index contributed by atoms with van der Waals surface area (Å²) in [6.07, 6.45) is 17.5. The molecular weight excluding hydrogens is 348 g/mol. The van der Waals surface area contributed by atoms with E-state index in [2.05, 4.69) is 13.5 Å². The fraction of sp³-hybridized carbons (Fsp3) is 0.480. The number of para-hydroxylation sites is 1. The van der Waals surface area contributed by atoms with E-state index in [1.807, 2.05) is 43.4 Å². The highest BCUT2D eigenvalue weighted by Crippen LogP contribution is 2.22. The monoisotopic (exact) mass is 384 g/mol. The molecule has 0 N–H and O–H groups in total. The first-order valence-corrected chi connectivity index (χ1v) is 10.6. The molecule has 0 saturated carbocycles. The van der Waals surface area contributed by atoms with E-state index in [0.717, 1.165) is 25.7 Å². The van der Waals surface area contributed by atoms with Gasteiger partial charge in [0.2, 0.25) is 0 Å². The summed E-state index contributed by atoms with van der Waals surface area (Å²) in [5.41, 5.74) is 0.467. The Hall–Kier alpha value is -2.29. The molecule has 0 bridgehead atoms. The third-order valence-corrected chi connectivity index (χ3v) is 4.35. The fourth-order valence-corrected chi connectivity index (χ4v) is 2.81. The maximum absolute atomic E-state index is 12.7. The highest BCUT2D eigenvalue weighted by atomic mass is 16.5. The van der Waals surface area contributed by atoms with Crippen LogP contribution in [0.2, 0.25) is 0 Å². The first kappa shape index (κ1) is 23.7. The molecule has 0 aliphatic heterocycles. The topological polar surface area (TPSA) is 35.5 Å². The van der Waals surface area contributed by atoms with Gasteiger partial charge in [-0.1, -0.05) is 89.3 Å². The SMILES string of the molecule is C=CC=CC=C(CCCCCCCCC)OC(=O)c1ccccc1OCCC. The molecule has 1 aromatic carbocycles. The molecule has 0 aliphatic rings. The summed E-state index contributed by atoms with van der Waals surface area (Å²) in [5, 5.41) is 0. The number of allylic oxidation sites excluding steroid dienone is 5. The summed E-state index contributed by atoms with van der Waals surface area (Å²) in [6.45, 7) is 8.52. The molecule has 0 saturated heterocycles. The van der Waals surface area contributed by atoms with E-state index in [-0.39, 0.29) is 5.97 Å². The van der Waals surface area contributed by atoms with Gasteiger partial charge in [-0.05, 0) is 31.1 Å². The van der Waals surface area contributed by atoms with Crippen LogP contribution in [0.25, 0.3) is 0 Å². The normalized spacial score (nSPS) is 11.6. The van der Waals surface area contributed by atoms with Crippen molar-refractivity contribution in [1.29, 1.82) is 0 Å². The van der Waals surface area contributed by atoms with Gasteiger partial charge in [0.05, 0.1) is 6.61 Å².